The Bertz CT molecular complexity index is 1080. The molecule has 0 aromatic heterocycles. The molecule has 0 aliphatic carbocycles. The van der Waals surface area contributed by atoms with Crippen LogP contribution in [0.3, 0.4) is 0 Å². The average Bonchev–Trinajstić information content (AvgIpc) is 2.73. The van der Waals surface area contributed by atoms with Gasteiger partial charge in [-0.15, -0.1) is 0 Å². The summed E-state index contributed by atoms with van der Waals surface area (Å²) < 4.78 is 0. The molecular weight excluding hydrogens is 360 g/mol. The Morgan fingerprint density at radius 3 is 2.00 bits per heavy atom. The van der Waals surface area contributed by atoms with Gasteiger partial charge >= 0.3 is 0 Å². The zero-order valence-corrected chi connectivity index (χ0v) is 17.3. The molecule has 0 unspecified atom stereocenters. The first-order chi connectivity index (χ1) is 13.7. The van der Waals surface area contributed by atoms with Gasteiger partial charge in [0, 0.05) is 5.02 Å². The molecule has 0 nitrogen and oxygen atoms in total. The molecule has 142 valence electrons. The van der Waals surface area contributed by atoms with Crippen molar-refractivity contribution in [2.75, 3.05) is 0 Å². The Kier molecular flexibility index (Phi) is 5.98. The minimum Gasteiger partial charge on any atom is -0.0843 e. The van der Waals surface area contributed by atoms with Gasteiger partial charge in [0.1, 0.15) is 0 Å². The molecular formula is C27H27Cl. The second-order valence-electron chi connectivity index (χ2n) is 7.73. The van der Waals surface area contributed by atoms with Gasteiger partial charge in [-0.1, -0.05) is 98.8 Å². The maximum atomic E-state index is 6.03. The molecule has 0 aliphatic heterocycles. The molecule has 0 spiro atoms. The van der Waals surface area contributed by atoms with Crippen LogP contribution in [0, 0.1) is 0 Å². The number of hydrogen-bond donors (Lipinski definition) is 0. The monoisotopic (exact) mass is 386 g/mol. The summed E-state index contributed by atoms with van der Waals surface area (Å²) in [5.41, 5.74) is 3.89. The van der Waals surface area contributed by atoms with E-state index in [0.29, 0.717) is 0 Å². The Morgan fingerprint density at radius 1 is 0.607 bits per heavy atom. The molecule has 4 aromatic carbocycles. The average molecular weight is 387 g/mol. The number of unbranched alkanes of at least 4 members (excludes halogenated alkanes) is 4. The fourth-order valence-electron chi connectivity index (χ4n) is 4.03. The van der Waals surface area contributed by atoms with Crippen LogP contribution in [0.4, 0.5) is 0 Å². The summed E-state index contributed by atoms with van der Waals surface area (Å²) >= 11 is 6.03. The van der Waals surface area contributed by atoms with Gasteiger partial charge in [-0.3, -0.25) is 0 Å². The fraction of sp³-hybridized carbons (Fsp3) is 0.259. The van der Waals surface area contributed by atoms with Crippen LogP contribution in [0.15, 0.2) is 72.8 Å². The van der Waals surface area contributed by atoms with Crippen molar-refractivity contribution in [2.24, 2.45) is 0 Å². The molecule has 0 aliphatic rings. The topological polar surface area (TPSA) is 0 Å². The summed E-state index contributed by atoms with van der Waals surface area (Å²) in [6.07, 6.45) is 7.86. The molecule has 1 heteroatoms. The van der Waals surface area contributed by atoms with Crippen LogP contribution in [-0.2, 0) is 6.42 Å². The third kappa shape index (κ3) is 4.23. The minimum absolute atomic E-state index is 0.775. The SMILES string of the molecule is CCCCCCCc1ccc2c(ccc3cc(-c4ccc(Cl)cc4)ccc32)c1. The van der Waals surface area contributed by atoms with Crippen LogP contribution in [0.25, 0.3) is 32.7 Å². The Morgan fingerprint density at radius 2 is 1.25 bits per heavy atom. The Hall–Kier alpha value is -2.31. The van der Waals surface area contributed by atoms with E-state index in [1.165, 1.54) is 76.8 Å². The van der Waals surface area contributed by atoms with Crippen molar-refractivity contribution in [2.45, 2.75) is 45.4 Å². The molecule has 4 aromatic rings. The fourth-order valence-corrected chi connectivity index (χ4v) is 4.16. The van der Waals surface area contributed by atoms with Gasteiger partial charge < -0.3 is 0 Å². The zero-order chi connectivity index (χ0) is 19.3. The van der Waals surface area contributed by atoms with E-state index < -0.39 is 0 Å². The van der Waals surface area contributed by atoms with Crippen molar-refractivity contribution < 1.29 is 0 Å². The molecule has 28 heavy (non-hydrogen) atoms. The van der Waals surface area contributed by atoms with E-state index in [9.17, 15) is 0 Å². The number of halogens is 1. The third-order valence-corrected chi connectivity index (χ3v) is 5.90. The van der Waals surface area contributed by atoms with Gasteiger partial charge in [0.25, 0.3) is 0 Å². The van der Waals surface area contributed by atoms with E-state index in [1.54, 1.807) is 0 Å². The second-order valence-corrected chi connectivity index (χ2v) is 8.16. The number of benzene rings is 4. The summed E-state index contributed by atoms with van der Waals surface area (Å²) in [6.45, 7) is 2.27. The lowest BCUT2D eigenvalue weighted by molar-refractivity contribution is 0.632. The molecule has 0 saturated carbocycles. The van der Waals surface area contributed by atoms with E-state index >= 15 is 0 Å². The summed E-state index contributed by atoms with van der Waals surface area (Å²) in [7, 11) is 0. The van der Waals surface area contributed by atoms with E-state index in [1.807, 2.05) is 12.1 Å². The maximum absolute atomic E-state index is 6.03. The minimum atomic E-state index is 0.775. The van der Waals surface area contributed by atoms with E-state index in [0.717, 1.165) is 5.02 Å². The first kappa shape index (κ1) is 19.0. The summed E-state index contributed by atoms with van der Waals surface area (Å²) in [5.74, 6) is 0. The molecule has 0 atom stereocenters. The van der Waals surface area contributed by atoms with Crippen LogP contribution < -0.4 is 0 Å². The van der Waals surface area contributed by atoms with Crippen molar-refractivity contribution in [3.8, 4) is 11.1 Å². The van der Waals surface area contributed by atoms with Gasteiger partial charge in [-0.25, -0.2) is 0 Å². The predicted molar refractivity (Wildman–Crippen MR) is 124 cm³/mol. The van der Waals surface area contributed by atoms with Crippen LogP contribution in [-0.4, -0.2) is 0 Å². The molecule has 0 amide bonds. The van der Waals surface area contributed by atoms with Crippen molar-refractivity contribution >= 4 is 33.1 Å². The van der Waals surface area contributed by atoms with Crippen LogP contribution in [0.2, 0.25) is 5.02 Å². The Labute approximate surface area is 173 Å². The maximum Gasteiger partial charge on any atom is 0.0406 e. The molecule has 0 N–H and O–H groups in total. The predicted octanol–water partition coefficient (Wildman–Crippen LogP) is 8.83. The van der Waals surface area contributed by atoms with Crippen molar-refractivity contribution in [3.05, 3.63) is 83.4 Å². The van der Waals surface area contributed by atoms with E-state index in [-0.39, 0.29) is 0 Å². The summed E-state index contributed by atoms with van der Waals surface area (Å²) in [5, 5.41) is 6.07. The smallest absolute Gasteiger partial charge is 0.0406 e. The standard InChI is InChI=1S/C27H27Cl/c1-2-3-4-5-6-7-20-8-16-26-23(18-20)9-10-24-19-22(13-17-27(24)26)21-11-14-25(28)15-12-21/h8-19H,2-7H2,1H3. The highest BCUT2D eigenvalue weighted by Crippen LogP contribution is 2.31. The van der Waals surface area contributed by atoms with Gasteiger partial charge in [0.05, 0.1) is 0 Å². The second kappa shape index (κ2) is 8.80. The molecule has 0 heterocycles. The molecule has 0 fully saturated rings. The number of fused-ring (bicyclic) bond motifs is 3. The van der Waals surface area contributed by atoms with Crippen LogP contribution in [0.5, 0.6) is 0 Å². The first-order valence-corrected chi connectivity index (χ1v) is 10.8. The van der Waals surface area contributed by atoms with Gasteiger partial charge in [0.15, 0.2) is 0 Å². The van der Waals surface area contributed by atoms with Gasteiger partial charge in [-0.05, 0) is 69.3 Å². The molecule has 0 radical (unpaired) electrons. The first-order valence-electron chi connectivity index (χ1n) is 10.5. The number of rotatable bonds is 7. The van der Waals surface area contributed by atoms with Crippen molar-refractivity contribution in [1.82, 2.24) is 0 Å². The Balaban J connectivity index is 1.59. The number of aryl methyl sites for hydroxylation is 1. The molecule has 0 saturated heterocycles. The quantitative estimate of drug-likeness (QED) is 0.220. The van der Waals surface area contributed by atoms with E-state index in [4.69, 9.17) is 11.6 Å². The van der Waals surface area contributed by atoms with Crippen molar-refractivity contribution in [3.63, 3.8) is 0 Å². The van der Waals surface area contributed by atoms with E-state index in [2.05, 4.69) is 67.6 Å². The van der Waals surface area contributed by atoms with Crippen molar-refractivity contribution in [1.29, 1.82) is 0 Å². The van der Waals surface area contributed by atoms with Crippen LogP contribution >= 0.6 is 11.6 Å². The highest BCUT2D eigenvalue weighted by atomic mass is 35.5. The molecule has 0 bridgehead atoms. The summed E-state index contributed by atoms with van der Waals surface area (Å²) in [4.78, 5) is 0. The lowest BCUT2D eigenvalue weighted by Gasteiger charge is -2.09. The normalized spacial score (nSPS) is 11.4. The number of hydrogen-bond acceptors (Lipinski definition) is 0. The largest absolute Gasteiger partial charge is 0.0843 e. The third-order valence-electron chi connectivity index (χ3n) is 5.65. The highest BCUT2D eigenvalue weighted by Gasteiger charge is 2.05. The van der Waals surface area contributed by atoms with Gasteiger partial charge in [-0.2, -0.15) is 0 Å². The van der Waals surface area contributed by atoms with Crippen LogP contribution in [0.1, 0.15) is 44.6 Å². The highest BCUT2D eigenvalue weighted by molar-refractivity contribution is 6.30. The lowest BCUT2D eigenvalue weighted by atomic mass is 9.95. The van der Waals surface area contributed by atoms with Gasteiger partial charge in [0.2, 0.25) is 0 Å². The zero-order valence-electron chi connectivity index (χ0n) is 16.5. The lowest BCUT2D eigenvalue weighted by Crippen LogP contribution is -1.87. The summed E-state index contributed by atoms with van der Waals surface area (Å²) in [6, 6.07) is 26.3. The molecule has 4 rings (SSSR count).